The van der Waals surface area contributed by atoms with Crippen molar-refractivity contribution in [1.29, 1.82) is 0 Å². The van der Waals surface area contributed by atoms with Crippen molar-refractivity contribution in [2.45, 2.75) is 12.5 Å². The van der Waals surface area contributed by atoms with Crippen LogP contribution in [0.15, 0.2) is 36.8 Å². The van der Waals surface area contributed by atoms with E-state index in [-0.39, 0.29) is 0 Å². The highest BCUT2D eigenvalue weighted by atomic mass is 35.5. The Bertz CT molecular complexity index is 627. The van der Waals surface area contributed by atoms with Gasteiger partial charge in [0.25, 0.3) is 0 Å². The number of rotatable bonds is 5. The SMILES string of the molecule is Clc1ncc(OC[C@@H]2CCN2)cc1C=Cc1ccncc1. The summed E-state index contributed by atoms with van der Waals surface area (Å²) in [5.41, 5.74) is 1.90. The third kappa shape index (κ3) is 3.80. The molecule has 0 bridgehead atoms. The van der Waals surface area contributed by atoms with Crippen LogP contribution in [0.3, 0.4) is 0 Å². The van der Waals surface area contributed by atoms with E-state index < -0.39 is 0 Å². The highest BCUT2D eigenvalue weighted by Crippen LogP contribution is 2.22. The Morgan fingerprint density at radius 2 is 2.14 bits per heavy atom. The second-order valence-corrected chi connectivity index (χ2v) is 5.27. The van der Waals surface area contributed by atoms with Crippen molar-refractivity contribution in [3.63, 3.8) is 0 Å². The fourth-order valence-corrected chi connectivity index (χ4v) is 2.16. The summed E-state index contributed by atoms with van der Waals surface area (Å²) in [7, 11) is 0. The molecule has 1 atom stereocenters. The second-order valence-electron chi connectivity index (χ2n) is 4.92. The Morgan fingerprint density at radius 1 is 1.33 bits per heavy atom. The van der Waals surface area contributed by atoms with E-state index in [0.29, 0.717) is 17.8 Å². The topological polar surface area (TPSA) is 47.0 Å². The lowest BCUT2D eigenvalue weighted by atomic mass is 10.1. The molecule has 1 fully saturated rings. The Balaban J connectivity index is 1.70. The molecule has 5 heteroatoms. The summed E-state index contributed by atoms with van der Waals surface area (Å²) in [6, 6.07) is 6.23. The average Bonchev–Trinajstić information content (AvgIpc) is 2.47. The maximum Gasteiger partial charge on any atom is 0.138 e. The smallest absolute Gasteiger partial charge is 0.138 e. The van der Waals surface area contributed by atoms with Crippen molar-refractivity contribution in [3.05, 3.63) is 53.1 Å². The van der Waals surface area contributed by atoms with E-state index in [1.807, 2.05) is 30.4 Å². The van der Waals surface area contributed by atoms with Gasteiger partial charge in [-0.2, -0.15) is 0 Å². The molecule has 0 amide bonds. The van der Waals surface area contributed by atoms with Crippen LogP contribution in [0, 0.1) is 0 Å². The predicted octanol–water partition coefficient (Wildman–Crippen LogP) is 3.04. The monoisotopic (exact) mass is 301 g/mol. The zero-order valence-corrected chi connectivity index (χ0v) is 12.3. The van der Waals surface area contributed by atoms with Gasteiger partial charge in [-0.15, -0.1) is 0 Å². The molecule has 0 unspecified atom stereocenters. The van der Waals surface area contributed by atoms with Crippen LogP contribution in [-0.4, -0.2) is 29.2 Å². The Morgan fingerprint density at radius 3 is 2.86 bits per heavy atom. The predicted molar refractivity (Wildman–Crippen MR) is 84.3 cm³/mol. The van der Waals surface area contributed by atoms with Crippen LogP contribution in [0.5, 0.6) is 5.75 Å². The lowest BCUT2D eigenvalue weighted by Crippen LogP contribution is -2.46. The van der Waals surface area contributed by atoms with Crippen LogP contribution in [0.4, 0.5) is 0 Å². The van der Waals surface area contributed by atoms with E-state index in [4.69, 9.17) is 16.3 Å². The van der Waals surface area contributed by atoms with Crippen LogP contribution >= 0.6 is 11.6 Å². The molecule has 4 nitrogen and oxygen atoms in total. The highest BCUT2D eigenvalue weighted by Gasteiger charge is 2.16. The van der Waals surface area contributed by atoms with Crippen molar-refractivity contribution in [2.75, 3.05) is 13.2 Å². The van der Waals surface area contributed by atoms with Crippen LogP contribution in [0.2, 0.25) is 5.15 Å². The van der Waals surface area contributed by atoms with E-state index in [9.17, 15) is 0 Å². The number of nitrogens with one attached hydrogen (secondary N) is 1. The highest BCUT2D eigenvalue weighted by molar-refractivity contribution is 6.31. The summed E-state index contributed by atoms with van der Waals surface area (Å²) < 4.78 is 5.73. The van der Waals surface area contributed by atoms with E-state index in [1.54, 1.807) is 18.6 Å². The molecule has 0 aliphatic carbocycles. The molecule has 1 aliphatic rings. The van der Waals surface area contributed by atoms with Gasteiger partial charge in [0.2, 0.25) is 0 Å². The first-order valence-electron chi connectivity index (χ1n) is 6.91. The first-order valence-corrected chi connectivity index (χ1v) is 7.29. The van der Waals surface area contributed by atoms with Gasteiger partial charge < -0.3 is 10.1 Å². The quantitative estimate of drug-likeness (QED) is 0.862. The van der Waals surface area contributed by atoms with Gasteiger partial charge in [0.1, 0.15) is 17.5 Å². The molecule has 1 N–H and O–H groups in total. The van der Waals surface area contributed by atoms with Crippen molar-refractivity contribution in [1.82, 2.24) is 15.3 Å². The van der Waals surface area contributed by atoms with Crippen LogP contribution < -0.4 is 10.1 Å². The van der Waals surface area contributed by atoms with Gasteiger partial charge in [-0.3, -0.25) is 4.98 Å². The van der Waals surface area contributed by atoms with Crippen LogP contribution in [-0.2, 0) is 0 Å². The third-order valence-corrected chi connectivity index (χ3v) is 3.70. The van der Waals surface area contributed by atoms with E-state index >= 15 is 0 Å². The Labute approximate surface area is 128 Å². The average molecular weight is 302 g/mol. The molecule has 108 valence electrons. The Kier molecular flexibility index (Phi) is 4.48. The summed E-state index contributed by atoms with van der Waals surface area (Å²) >= 11 is 6.12. The molecule has 3 heterocycles. The molecule has 0 saturated carbocycles. The molecule has 2 aromatic rings. The van der Waals surface area contributed by atoms with Crippen molar-refractivity contribution in [3.8, 4) is 5.75 Å². The van der Waals surface area contributed by atoms with Crippen LogP contribution in [0.25, 0.3) is 12.2 Å². The van der Waals surface area contributed by atoms with Crippen molar-refractivity contribution in [2.24, 2.45) is 0 Å². The minimum absolute atomic E-state index is 0.455. The molecule has 0 aromatic carbocycles. The number of hydrogen-bond donors (Lipinski definition) is 1. The standard InChI is InChI=1S/C16H16ClN3O/c17-16-13(2-1-12-3-6-18-7-4-12)9-15(10-20-16)21-11-14-5-8-19-14/h1-4,6-7,9-10,14,19H,5,8,11H2/t14-/m0/s1. The molecule has 1 aliphatic heterocycles. The van der Waals surface area contributed by atoms with E-state index in [1.165, 1.54) is 0 Å². The molecule has 0 radical (unpaired) electrons. The largest absolute Gasteiger partial charge is 0.490 e. The van der Waals surface area contributed by atoms with Crippen LogP contribution in [0.1, 0.15) is 17.5 Å². The normalized spacial score (nSPS) is 17.7. The number of aromatic nitrogens is 2. The zero-order chi connectivity index (χ0) is 14.5. The summed E-state index contributed by atoms with van der Waals surface area (Å²) in [6.07, 6.45) is 10.2. The van der Waals surface area contributed by atoms with Gasteiger partial charge >= 0.3 is 0 Å². The molecule has 0 spiro atoms. The summed E-state index contributed by atoms with van der Waals surface area (Å²) in [5, 5.41) is 3.76. The first-order chi connectivity index (χ1) is 10.3. The maximum atomic E-state index is 6.12. The molecule has 1 saturated heterocycles. The summed E-state index contributed by atoms with van der Waals surface area (Å²) in [5.74, 6) is 0.738. The number of hydrogen-bond acceptors (Lipinski definition) is 4. The molecule has 21 heavy (non-hydrogen) atoms. The fraction of sp³-hybridized carbons (Fsp3) is 0.250. The van der Waals surface area contributed by atoms with Gasteiger partial charge in [0.05, 0.1) is 6.20 Å². The fourth-order valence-electron chi connectivity index (χ4n) is 1.99. The lowest BCUT2D eigenvalue weighted by Gasteiger charge is -2.27. The summed E-state index contributed by atoms with van der Waals surface area (Å²) in [6.45, 7) is 1.74. The molecule has 2 aromatic heterocycles. The number of pyridine rings is 2. The molecular formula is C16H16ClN3O. The molecular weight excluding hydrogens is 286 g/mol. The van der Waals surface area contributed by atoms with Gasteiger partial charge in [-0.1, -0.05) is 23.8 Å². The Hall–Kier alpha value is -1.91. The van der Waals surface area contributed by atoms with Gasteiger partial charge in [0.15, 0.2) is 0 Å². The second kappa shape index (κ2) is 6.70. The third-order valence-electron chi connectivity index (χ3n) is 3.38. The van der Waals surface area contributed by atoms with E-state index in [2.05, 4.69) is 15.3 Å². The minimum Gasteiger partial charge on any atom is -0.490 e. The number of nitrogens with zero attached hydrogens (tertiary/aromatic N) is 2. The van der Waals surface area contributed by atoms with Gasteiger partial charge in [-0.05, 0) is 36.7 Å². The van der Waals surface area contributed by atoms with Gasteiger partial charge in [0, 0.05) is 24.0 Å². The van der Waals surface area contributed by atoms with Crippen molar-refractivity contribution < 1.29 is 4.74 Å². The maximum absolute atomic E-state index is 6.12. The zero-order valence-electron chi connectivity index (χ0n) is 11.5. The minimum atomic E-state index is 0.455. The van der Waals surface area contributed by atoms with E-state index in [0.717, 1.165) is 29.8 Å². The van der Waals surface area contributed by atoms with Crippen molar-refractivity contribution >= 4 is 23.8 Å². The first kappa shape index (κ1) is 14.0. The molecule has 3 rings (SSSR count). The summed E-state index contributed by atoms with van der Waals surface area (Å²) in [4.78, 5) is 8.16. The number of halogens is 1. The number of ether oxygens (including phenoxy) is 1. The van der Waals surface area contributed by atoms with Gasteiger partial charge in [-0.25, -0.2) is 4.98 Å². The lowest BCUT2D eigenvalue weighted by molar-refractivity contribution is 0.217.